The van der Waals surface area contributed by atoms with Crippen LogP contribution in [-0.4, -0.2) is 34.2 Å². The van der Waals surface area contributed by atoms with Crippen molar-refractivity contribution < 1.29 is 19.1 Å². The third-order valence-electron chi connectivity index (χ3n) is 6.61. The monoisotopic (exact) mass is 449 g/mol. The largest absolute Gasteiger partial charge is 0.480 e. The molecule has 1 aliphatic heterocycles. The van der Waals surface area contributed by atoms with E-state index in [9.17, 15) is 14.7 Å². The van der Waals surface area contributed by atoms with Crippen molar-refractivity contribution in [1.82, 2.24) is 10.3 Å². The van der Waals surface area contributed by atoms with Gasteiger partial charge in [0.05, 0.1) is 11.3 Å². The summed E-state index contributed by atoms with van der Waals surface area (Å²) in [5.41, 5.74) is 1.32. The van der Waals surface area contributed by atoms with Gasteiger partial charge >= 0.3 is 5.63 Å². The molecule has 2 aliphatic rings. The van der Waals surface area contributed by atoms with Crippen molar-refractivity contribution in [3.8, 4) is 5.75 Å². The molecule has 0 bridgehead atoms. The Labute approximate surface area is 191 Å². The normalized spacial score (nSPS) is 22.5. The van der Waals surface area contributed by atoms with Crippen LogP contribution in [0.4, 0.5) is 5.82 Å². The Hall–Kier alpha value is -3.23. The summed E-state index contributed by atoms with van der Waals surface area (Å²) in [5.74, 6) is 0.858. The lowest BCUT2D eigenvalue weighted by molar-refractivity contribution is -0.118. The lowest BCUT2D eigenvalue weighted by Crippen LogP contribution is -2.41. The van der Waals surface area contributed by atoms with Crippen molar-refractivity contribution in [2.75, 3.05) is 11.9 Å². The predicted molar refractivity (Wildman–Crippen MR) is 123 cm³/mol. The molecule has 3 heterocycles. The standard InChI is InChI=1S/C25H27N3O5/c29-21-15-32-20-6-5-19(27-24(20)28-21)14-26-18-9-12-25(31,13-10-18)11-8-17-3-1-2-16-4-7-22(30)33-23(16)17/h1-7,18,26,31H,8-15H2,(H,27,28,29)/t18-,25-. The van der Waals surface area contributed by atoms with Crippen LogP contribution in [0.1, 0.15) is 43.4 Å². The molecule has 1 aromatic carbocycles. The molecule has 3 N–H and O–H groups in total. The van der Waals surface area contributed by atoms with Crippen LogP contribution in [0.25, 0.3) is 11.0 Å². The second-order valence-electron chi connectivity index (χ2n) is 8.96. The molecular weight excluding hydrogens is 422 g/mol. The van der Waals surface area contributed by atoms with Crippen molar-refractivity contribution in [3.05, 3.63) is 64.1 Å². The van der Waals surface area contributed by atoms with Gasteiger partial charge in [0.25, 0.3) is 5.91 Å². The van der Waals surface area contributed by atoms with Crippen molar-refractivity contribution in [1.29, 1.82) is 0 Å². The van der Waals surface area contributed by atoms with Crippen LogP contribution in [0.15, 0.2) is 51.7 Å². The minimum absolute atomic E-state index is 0.0200. The maximum atomic E-state index is 11.6. The molecule has 0 spiro atoms. The van der Waals surface area contributed by atoms with Gasteiger partial charge in [-0.2, -0.15) is 0 Å². The zero-order chi connectivity index (χ0) is 22.8. The first-order valence-electron chi connectivity index (χ1n) is 11.4. The summed E-state index contributed by atoms with van der Waals surface area (Å²) < 4.78 is 10.8. The number of nitrogens with one attached hydrogen (secondary N) is 2. The van der Waals surface area contributed by atoms with Gasteiger partial charge in [-0.1, -0.05) is 18.2 Å². The fraction of sp³-hybridized carbons (Fsp3) is 0.400. The number of nitrogens with zero attached hydrogens (tertiary/aromatic N) is 1. The average molecular weight is 450 g/mol. The quantitative estimate of drug-likeness (QED) is 0.496. The minimum atomic E-state index is -0.721. The summed E-state index contributed by atoms with van der Waals surface area (Å²) in [5, 5.41) is 18.3. The number of aliphatic hydroxyl groups is 1. The fourth-order valence-corrected chi connectivity index (χ4v) is 4.68. The average Bonchev–Trinajstić information content (AvgIpc) is 2.82. The molecule has 3 aromatic rings. The second kappa shape index (κ2) is 8.96. The Kier molecular flexibility index (Phi) is 5.86. The lowest BCUT2D eigenvalue weighted by atomic mass is 9.78. The third-order valence-corrected chi connectivity index (χ3v) is 6.61. The Morgan fingerprint density at radius 1 is 1.12 bits per heavy atom. The van der Waals surface area contributed by atoms with Crippen molar-refractivity contribution in [2.45, 2.75) is 56.7 Å². The molecule has 2 aromatic heterocycles. The van der Waals surface area contributed by atoms with E-state index in [-0.39, 0.29) is 18.1 Å². The number of aromatic nitrogens is 1. The summed E-state index contributed by atoms with van der Waals surface area (Å²) in [6, 6.07) is 13.1. The number of carbonyl (C=O) groups excluding carboxylic acids is 1. The SMILES string of the molecule is O=C1COc2ccc(CN[C@H]3CC[C@@](O)(CCc4cccc5ccc(=O)oc45)CC3)nc2N1. The van der Waals surface area contributed by atoms with E-state index in [0.717, 1.165) is 29.5 Å². The van der Waals surface area contributed by atoms with Gasteiger partial charge in [0.15, 0.2) is 18.2 Å². The van der Waals surface area contributed by atoms with Crippen LogP contribution in [0.3, 0.4) is 0 Å². The Morgan fingerprint density at radius 2 is 1.97 bits per heavy atom. The number of rotatable bonds is 6. The maximum absolute atomic E-state index is 11.6. The van der Waals surface area contributed by atoms with Crippen LogP contribution in [0.5, 0.6) is 5.75 Å². The highest BCUT2D eigenvalue weighted by Crippen LogP contribution is 2.33. The number of amides is 1. The van der Waals surface area contributed by atoms with Gasteiger partial charge in [0.2, 0.25) is 0 Å². The zero-order valence-corrected chi connectivity index (χ0v) is 18.3. The fourth-order valence-electron chi connectivity index (χ4n) is 4.68. The first kappa shape index (κ1) is 21.6. The van der Waals surface area contributed by atoms with E-state index >= 15 is 0 Å². The Bertz CT molecular complexity index is 1230. The molecule has 0 atom stereocenters. The maximum Gasteiger partial charge on any atom is 0.336 e. The van der Waals surface area contributed by atoms with Crippen molar-refractivity contribution >= 4 is 22.7 Å². The molecule has 1 fully saturated rings. The van der Waals surface area contributed by atoms with Gasteiger partial charge in [-0.3, -0.25) is 4.79 Å². The number of ether oxygens (including phenoxy) is 1. The smallest absolute Gasteiger partial charge is 0.336 e. The van der Waals surface area contributed by atoms with Gasteiger partial charge < -0.3 is 24.9 Å². The van der Waals surface area contributed by atoms with Crippen LogP contribution in [-0.2, 0) is 17.8 Å². The van der Waals surface area contributed by atoms with Gasteiger partial charge in [-0.15, -0.1) is 0 Å². The molecule has 1 amide bonds. The molecule has 172 valence electrons. The molecule has 1 aliphatic carbocycles. The van der Waals surface area contributed by atoms with Crippen molar-refractivity contribution in [3.63, 3.8) is 0 Å². The van der Waals surface area contributed by atoms with Gasteiger partial charge in [0.1, 0.15) is 5.58 Å². The number of pyridine rings is 1. The Morgan fingerprint density at radius 3 is 2.82 bits per heavy atom. The first-order valence-corrected chi connectivity index (χ1v) is 11.4. The molecule has 0 unspecified atom stereocenters. The van der Waals surface area contributed by atoms with Crippen molar-refractivity contribution in [2.24, 2.45) is 0 Å². The van der Waals surface area contributed by atoms with E-state index in [0.29, 0.717) is 55.4 Å². The number of benzene rings is 1. The zero-order valence-electron chi connectivity index (χ0n) is 18.3. The number of hydrogen-bond acceptors (Lipinski definition) is 7. The van der Waals surface area contributed by atoms with E-state index < -0.39 is 5.60 Å². The van der Waals surface area contributed by atoms with Gasteiger partial charge in [-0.25, -0.2) is 9.78 Å². The Balaban J connectivity index is 1.14. The van der Waals surface area contributed by atoms with Crippen LogP contribution >= 0.6 is 0 Å². The molecular formula is C25H27N3O5. The topological polar surface area (TPSA) is 114 Å². The summed E-state index contributed by atoms with van der Waals surface area (Å²) >= 11 is 0. The molecule has 8 nitrogen and oxygen atoms in total. The summed E-state index contributed by atoms with van der Waals surface area (Å²) in [6.45, 7) is 0.605. The number of para-hydroxylation sites is 1. The number of carbonyl (C=O) groups is 1. The second-order valence-corrected chi connectivity index (χ2v) is 8.96. The molecule has 1 saturated carbocycles. The number of fused-ring (bicyclic) bond motifs is 2. The number of aryl methyl sites for hydroxylation is 1. The minimum Gasteiger partial charge on any atom is -0.480 e. The summed E-state index contributed by atoms with van der Waals surface area (Å²) in [6.07, 6.45) is 4.44. The first-order chi connectivity index (χ1) is 16.0. The summed E-state index contributed by atoms with van der Waals surface area (Å²) in [4.78, 5) is 27.6. The molecule has 8 heteroatoms. The molecule has 0 saturated heterocycles. The number of hydrogen-bond donors (Lipinski definition) is 3. The van der Waals surface area contributed by atoms with Gasteiger partial charge in [-0.05, 0) is 62.3 Å². The summed E-state index contributed by atoms with van der Waals surface area (Å²) in [7, 11) is 0. The lowest BCUT2D eigenvalue weighted by Gasteiger charge is -2.36. The molecule has 5 rings (SSSR count). The van der Waals surface area contributed by atoms with E-state index in [1.807, 2.05) is 30.3 Å². The molecule has 33 heavy (non-hydrogen) atoms. The van der Waals surface area contributed by atoms with E-state index in [2.05, 4.69) is 15.6 Å². The molecule has 0 radical (unpaired) electrons. The number of anilines is 1. The van der Waals surface area contributed by atoms with E-state index in [4.69, 9.17) is 9.15 Å². The van der Waals surface area contributed by atoms with Crippen LogP contribution in [0.2, 0.25) is 0 Å². The van der Waals surface area contributed by atoms with E-state index in [1.165, 1.54) is 6.07 Å². The van der Waals surface area contributed by atoms with Crippen LogP contribution < -0.4 is 21.0 Å². The van der Waals surface area contributed by atoms with Crippen LogP contribution in [0, 0.1) is 0 Å². The highest BCUT2D eigenvalue weighted by Gasteiger charge is 2.33. The predicted octanol–water partition coefficient (Wildman–Crippen LogP) is 2.92. The highest BCUT2D eigenvalue weighted by molar-refractivity contribution is 5.94. The van der Waals surface area contributed by atoms with E-state index in [1.54, 1.807) is 6.07 Å². The third kappa shape index (κ3) is 4.91. The van der Waals surface area contributed by atoms with Gasteiger partial charge in [0, 0.05) is 24.0 Å². The highest BCUT2D eigenvalue weighted by atomic mass is 16.5.